The van der Waals surface area contributed by atoms with E-state index in [1.54, 1.807) is 0 Å². The number of rotatable bonds is 4. The van der Waals surface area contributed by atoms with Crippen molar-refractivity contribution in [3.63, 3.8) is 0 Å². The standard InChI is InChI=1S/C13H18N2.H3NO2S/c1-3-7-12-11-8-5-6-9-13(11)15(14-12)10-4-2;1-4(2)3/h5-6,8-9H,3-4,7,10H2,1-2H3;4H,(H2,1,2,3). The molecule has 6 heteroatoms. The monoisotopic (exact) mass is 283 g/mol. The molecule has 0 fully saturated rings. The Bertz CT molecular complexity index is 543. The van der Waals surface area contributed by atoms with Crippen LogP contribution >= 0.6 is 0 Å². The number of para-hydroxylation sites is 1. The van der Waals surface area contributed by atoms with Crippen LogP contribution in [0.1, 0.15) is 32.4 Å². The normalized spacial score (nSPS) is 10.5. The third-order valence-electron chi connectivity index (χ3n) is 2.66. The molecule has 0 atom stereocenters. The molecule has 0 aliphatic carbocycles. The first kappa shape index (κ1) is 15.7. The van der Waals surface area contributed by atoms with E-state index in [1.807, 2.05) is 0 Å². The van der Waals surface area contributed by atoms with Crippen molar-refractivity contribution in [1.29, 1.82) is 0 Å². The summed E-state index contributed by atoms with van der Waals surface area (Å²) in [6, 6.07) is 8.53. The Morgan fingerprint density at radius 3 is 2.42 bits per heavy atom. The van der Waals surface area contributed by atoms with Gasteiger partial charge in [0.05, 0.1) is 11.2 Å². The van der Waals surface area contributed by atoms with E-state index in [2.05, 4.69) is 53.0 Å². The van der Waals surface area contributed by atoms with Crippen molar-refractivity contribution in [2.45, 2.75) is 39.7 Å². The molecule has 2 rings (SSSR count). The van der Waals surface area contributed by atoms with Gasteiger partial charge in [0, 0.05) is 11.9 Å². The van der Waals surface area contributed by atoms with Crippen LogP contribution in [0.5, 0.6) is 0 Å². The van der Waals surface area contributed by atoms with Gasteiger partial charge in [-0.25, -0.2) is 13.6 Å². The highest BCUT2D eigenvalue weighted by atomic mass is 32.2. The molecule has 5 nitrogen and oxygen atoms in total. The minimum Gasteiger partial charge on any atom is -0.265 e. The Balaban J connectivity index is 0.000000399. The smallest absolute Gasteiger partial charge is 0.198 e. The SMILES string of the molecule is CCCc1nn(CCC)c2ccccc12.N[SH](=O)=O. The van der Waals surface area contributed by atoms with Crippen LogP contribution in [-0.2, 0) is 23.9 Å². The lowest BCUT2D eigenvalue weighted by molar-refractivity contribution is 0.610. The van der Waals surface area contributed by atoms with E-state index in [0.29, 0.717) is 0 Å². The largest absolute Gasteiger partial charge is 0.265 e. The lowest BCUT2D eigenvalue weighted by atomic mass is 10.1. The Morgan fingerprint density at radius 2 is 1.84 bits per heavy atom. The number of nitrogens with zero attached hydrogens (tertiary/aromatic N) is 2. The third-order valence-corrected chi connectivity index (χ3v) is 2.66. The molecule has 0 saturated heterocycles. The fourth-order valence-corrected chi connectivity index (χ4v) is 2.00. The van der Waals surface area contributed by atoms with Crippen LogP contribution in [0.2, 0.25) is 0 Å². The molecule has 0 amide bonds. The van der Waals surface area contributed by atoms with Gasteiger partial charge in [-0.3, -0.25) is 4.68 Å². The molecule has 19 heavy (non-hydrogen) atoms. The molecule has 1 heterocycles. The molecular weight excluding hydrogens is 262 g/mol. The zero-order chi connectivity index (χ0) is 14.3. The molecule has 2 N–H and O–H groups in total. The van der Waals surface area contributed by atoms with Crippen molar-refractivity contribution >= 4 is 21.8 Å². The maximum atomic E-state index is 8.81. The summed E-state index contributed by atoms with van der Waals surface area (Å²) in [5, 5.41) is 10.1. The van der Waals surface area contributed by atoms with E-state index in [4.69, 9.17) is 8.42 Å². The number of hydrogen-bond donors (Lipinski definition) is 2. The lowest BCUT2D eigenvalue weighted by Gasteiger charge is -1.98. The maximum absolute atomic E-state index is 8.81. The number of thiol groups is 1. The van der Waals surface area contributed by atoms with Crippen LogP contribution in [0.15, 0.2) is 24.3 Å². The maximum Gasteiger partial charge on any atom is 0.198 e. The first-order chi connectivity index (χ1) is 9.10. The predicted molar refractivity (Wildman–Crippen MR) is 78.5 cm³/mol. The fourth-order valence-electron chi connectivity index (χ4n) is 2.00. The first-order valence-electron chi connectivity index (χ1n) is 6.43. The molecule has 0 saturated carbocycles. The summed E-state index contributed by atoms with van der Waals surface area (Å²) in [6.45, 7) is 5.41. The Kier molecular flexibility index (Phi) is 6.52. The van der Waals surface area contributed by atoms with Gasteiger partial charge >= 0.3 is 0 Å². The van der Waals surface area contributed by atoms with Gasteiger partial charge in [0.25, 0.3) is 0 Å². The zero-order valence-electron chi connectivity index (χ0n) is 11.4. The molecule has 0 aliphatic rings. The number of aromatic nitrogens is 2. The second-order valence-electron chi connectivity index (χ2n) is 4.22. The number of aryl methyl sites for hydroxylation is 2. The lowest BCUT2D eigenvalue weighted by Crippen LogP contribution is -1.99. The molecule has 2 aromatic rings. The minimum atomic E-state index is -2.62. The summed E-state index contributed by atoms with van der Waals surface area (Å²) in [5.74, 6) is 0. The van der Waals surface area contributed by atoms with Crippen molar-refractivity contribution in [1.82, 2.24) is 9.78 Å². The van der Waals surface area contributed by atoms with Gasteiger partial charge in [-0.2, -0.15) is 5.10 Å². The van der Waals surface area contributed by atoms with Crippen LogP contribution in [0.4, 0.5) is 0 Å². The minimum absolute atomic E-state index is 1.02. The van der Waals surface area contributed by atoms with Crippen molar-refractivity contribution in [2.75, 3.05) is 0 Å². The van der Waals surface area contributed by atoms with Gasteiger partial charge in [-0.1, -0.05) is 38.5 Å². The zero-order valence-corrected chi connectivity index (χ0v) is 12.3. The van der Waals surface area contributed by atoms with Crippen LogP contribution in [0, 0.1) is 0 Å². The average molecular weight is 283 g/mol. The summed E-state index contributed by atoms with van der Waals surface area (Å²) < 4.78 is 19.8. The van der Waals surface area contributed by atoms with E-state index in [9.17, 15) is 0 Å². The number of hydrogen-bond acceptors (Lipinski definition) is 3. The van der Waals surface area contributed by atoms with Gasteiger partial charge in [-0.15, -0.1) is 0 Å². The number of fused-ring (bicyclic) bond motifs is 1. The quantitative estimate of drug-likeness (QED) is 0.841. The van der Waals surface area contributed by atoms with E-state index >= 15 is 0 Å². The van der Waals surface area contributed by atoms with Crippen LogP contribution in [-0.4, -0.2) is 18.2 Å². The second-order valence-corrected chi connectivity index (χ2v) is 4.79. The highest BCUT2D eigenvalue weighted by Crippen LogP contribution is 2.19. The molecule has 0 bridgehead atoms. The van der Waals surface area contributed by atoms with Crippen LogP contribution in [0.3, 0.4) is 0 Å². The molecule has 106 valence electrons. The topological polar surface area (TPSA) is 78.0 Å². The summed E-state index contributed by atoms with van der Waals surface area (Å²) in [4.78, 5) is 0. The number of nitrogens with two attached hydrogens (primary N) is 1. The third kappa shape index (κ3) is 4.65. The molecule has 0 unspecified atom stereocenters. The van der Waals surface area contributed by atoms with Crippen molar-refractivity contribution < 1.29 is 8.42 Å². The summed E-state index contributed by atoms with van der Waals surface area (Å²) in [5.41, 5.74) is 2.53. The predicted octanol–water partition coefficient (Wildman–Crippen LogP) is 1.87. The van der Waals surface area contributed by atoms with Crippen molar-refractivity contribution in [2.24, 2.45) is 5.14 Å². The molecule has 1 aromatic carbocycles. The van der Waals surface area contributed by atoms with Crippen LogP contribution in [0.25, 0.3) is 10.9 Å². The van der Waals surface area contributed by atoms with Crippen molar-refractivity contribution in [3.8, 4) is 0 Å². The Labute approximate surface area is 115 Å². The van der Waals surface area contributed by atoms with Gasteiger partial charge in [-0.05, 0) is 18.9 Å². The molecule has 0 spiro atoms. The first-order valence-corrected chi connectivity index (χ1v) is 7.68. The highest BCUT2D eigenvalue weighted by molar-refractivity contribution is 7.69. The second kappa shape index (κ2) is 7.91. The Hall–Kier alpha value is -1.40. The van der Waals surface area contributed by atoms with Gasteiger partial charge in [0.2, 0.25) is 0 Å². The highest BCUT2D eigenvalue weighted by Gasteiger charge is 2.07. The Morgan fingerprint density at radius 1 is 1.21 bits per heavy atom. The molecule has 0 radical (unpaired) electrons. The summed E-state index contributed by atoms with van der Waals surface area (Å²) in [7, 11) is -2.62. The van der Waals surface area contributed by atoms with E-state index in [1.165, 1.54) is 16.6 Å². The van der Waals surface area contributed by atoms with Gasteiger partial charge < -0.3 is 0 Å². The van der Waals surface area contributed by atoms with Gasteiger partial charge in [0.15, 0.2) is 10.9 Å². The number of benzene rings is 1. The summed E-state index contributed by atoms with van der Waals surface area (Å²) >= 11 is 0. The van der Waals surface area contributed by atoms with E-state index < -0.39 is 10.9 Å². The van der Waals surface area contributed by atoms with E-state index in [0.717, 1.165) is 25.8 Å². The van der Waals surface area contributed by atoms with E-state index in [-0.39, 0.29) is 0 Å². The fraction of sp³-hybridized carbons (Fsp3) is 0.462. The average Bonchev–Trinajstić information content (AvgIpc) is 2.69. The molecule has 0 aliphatic heterocycles. The molecular formula is C13H21N3O2S. The molecule has 1 aromatic heterocycles. The van der Waals surface area contributed by atoms with Gasteiger partial charge in [0.1, 0.15) is 0 Å². The summed E-state index contributed by atoms with van der Waals surface area (Å²) in [6.07, 6.45) is 3.38. The van der Waals surface area contributed by atoms with Crippen molar-refractivity contribution in [3.05, 3.63) is 30.0 Å². The van der Waals surface area contributed by atoms with Crippen LogP contribution < -0.4 is 5.14 Å².